The molecule has 170 valence electrons. The Labute approximate surface area is 183 Å². The van der Waals surface area contributed by atoms with Crippen molar-refractivity contribution in [2.24, 2.45) is 5.16 Å². The minimum atomic E-state index is -3.29. The molecule has 31 heavy (non-hydrogen) atoms. The third-order valence-corrected chi connectivity index (χ3v) is 4.28. The first-order chi connectivity index (χ1) is 14.3. The van der Waals surface area contributed by atoms with Crippen LogP contribution in [-0.2, 0) is 9.63 Å². The zero-order valence-corrected chi connectivity index (χ0v) is 18.4. The number of amides is 2. The first-order valence-electron chi connectivity index (χ1n) is 8.77. The van der Waals surface area contributed by atoms with Gasteiger partial charge in [-0.25, -0.2) is 18.0 Å². The molecule has 0 fully saturated rings. The Morgan fingerprint density at radius 3 is 2.35 bits per heavy atom. The topological polar surface area (TPSA) is 82.4 Å². The molecule has 0 atom stereocenters. The average Bonchev–Trinajstić information content (AvgIpc) is 2.68. The number of halogens is 4. The highest BCUT2D eigenvalue weighted by Gasteiger charge is 2.40. The number of benzene rings is 1. The van der Waals surface area contributed by atoms with Gasteiger partial charge in [0.15, 0.2) is 11.9 Å². The highest BCUT2D eigenvalue weighted by atomic mass is 35.5. The van der Waals surface area contributed by atoms with Gasteiger partial charge in [-0.15, -0.1) is 0 Å². The number of oxime groups is 1. The van der Waals surface area contributed by atoms with E-state index in [1.807, 2.05) is 0 Å². The zero-order chi connectivity index (χ0) is 24.1. The molecule has 0 aromatic heterocycles. The number of carbonyl (C=O) groups is 2. The fraction of sp³-hybridized carbons (Fsp3) is 0.350. The van der Waals surface area contributed by atoms with E-state index >= 15 is 0 Å². The van der Waals surface area contributed by atoms with Crippen molar-refractivity contribution in [3.8, 4) is 0 Å². The summed E-state index contributed by atoms with van der Waals surface area (Å²) in [6.07, 6.45) is 2.68. The number of aldehydes is 1. The zero-order valence-electron chi connectivity index (χ0n) is 17.6. The van der Waals surface area contributed by atoms with Gasteiger partial charge >= 0.3 is 6.03 Å². The molecule has 1 aromatic rings. The van der Waals surface area contributed by atoms with Gasteiger partial charge in [0.05, 0.1) is 22.6 Å². The minimum Gasteiger partial charge on any atom is -0.400 e. The van der Waals surface area contributed by atoms with Crippen molar-refractivity contribution in [3.05, 3.63) is 52.6 Å². The van der Waals surface area contributed by atoms with E-state index in [9.17, 15) is 22.8 Å². The van der Waals surface area contributed by atoms with Crippen molar-refractivity contribution in [2.45, 2.75) is 32.3 Å². The Bertz CT molecular complexity index is 927. The maximum atomic E-state index is 14.6. The molecule has 1 N–H and O–H groups in total. The molecule has 1 heterocycles. The first-order valence-corrected chi connectivity index (χ1v) is 9.14. The number of aliphatic hydroxyl groups is 1. The molecule has 0 unspecified atom stereocenters. The Kier molecular flexibility index (Phi) is 8.42. The summed E-state index contributed by atoms with van der Waals surface area (Å²) >= 11 is 6.01. The van der Waals surface area contributed by atoms with E-state index in [2.05, 4.69) is 11.7 Å². The average molecular weight is 462 g/mol. The lowest BCUT2D eigenvalue weighted by Crippen LogP contribution is -2.47. The van der Waals surface area contributed by atoms with E-state index in [4.69, 9.17) is 21.5 Å². The third kappa shape index (κ3) is 6.08. The van der Waals surface area contributed by atoms with Gasteiger partial charge in [-0.05, 0) is 32.1 Å². The number of hydrogen-bond donors (Lipinski definition) is 1. The number of urea groups is 1. The van der Waals surface area contributed by atoms with E-state index in [1.54, 1.807) is 0 Å². The van der Waals surface area contributed by atoms with Crippen molar-refractivity contribution in [1.82, 2.24) is 4.90 Å². The van der Waals surface area contributed by atoms with Crippen LogP contribution < -0.4 is 4.90 Å². The molecule has 0 saturated heterocycles. The van der Waals surface area contributed by atoms with Gasteiger partial charge < -0.3 is 9.94 Å². The number of alkyl halides is 2. The summed E-state index contributed by atoms with van der Waals surface area (Å²) in [5, 5.41) is 10.6. The van der Waals surface area contributed by atoms with E-state index in [1.165, 1.54) is 19.9 Å². The number of anilines is 1. The van der Waals surface area contributed by atoms with Crippen molar-refractivity contribution in [2.75, 3.05) is 19.1 Å². The minimum absolute atomic E-state index is 0.0396. The molecule has 0 spiro atoms. The molecule has 0 bridgehead atoms. The van der Waals surface area contributed by atoms with E-state index in [0.29, 0.717) is 18.1 Å². The second-order valence-electron chi connectivity index (χ2n) is 6.96. The van der Waals surface area contributed by atoms with Gasteiger partial charge in [0.25, 0.3) is 5.92 Å². The normalized spacial score (nSPS) is 15.0. The summed E-state index contributed by atoms with van der Waals surface area (Å²) in [6.45, 7) is 7.20. The number of hydrogen-bond acceptors (Lipinski definition) is 5. The summed E-state index contributed by atoms with van der Waals surface area (Å²) in [5.41, 5.74) is -1.99. The highest BCUT2D eigenvalue weighted by molar-refractivity contribution is 6.33. The third-order valence-electron chi connectivity index (χ3n) is 3.95. The molecular weight excluding hydrogens is 439 g/mol. The quantitative estimate of drug-likeness (QED) is 0.388. The van der Waals surface area contributed by atoms with Crippen LogP contribution in [0.2, 0.25) is 5.02 Å². The second-order valence-corrected chi connectivity index (χ2v) is 7.37. The monoisotopic (exact) mass is 461 g/mol. The van der Waals surface area contributed by atoms with Gasteiger partial charge in [0, 0.05) is 32.3 Å². The van der Waals surface area contributed by atoms with Gasteiger partial charge in [-0.1, -0.05) is 23.3 Å². The fourth-order valence-corrected chi connectivity index (χ4v) is 2.64. The maximum Gasteiger partial charge on any atom is 0.333 e. The van der Waals surface area contributed by atoms with Gasteiger partial charge in [0.2, 0.25) is 0 Å². The SMILES string of the molecule is C=C1C=C(C(C)(F)F)N(C)C(=O)N1c1cc(/C=N/OC(C)(C)C=O)c(Cl)cc1F.CO. The predicted octanol–water partition coefficient (Wildman–Crippen LogP) is 4.34. The van der Waals surface area contributed by atoms with Crippen molar-refractivity contribution < 1.29 is 32.7 Å². The summed E-state index contributed by atoms with van der Waals surface area (Å²) in [6, 6.07) is 1.21. The van der Waals surface area contributed by atoms with Crippen LogP contribution in [-0.4, -0.2) is 54.2 Å². The number of allylic oxidation sites excluding steroid dienone is 2. The number of carbonyl (C=O) groups excluding carboxylic acids is 2. The molecule has 11 heteroatoms. The molecular formula is C20H23ClF3N3O4. The van der Waals surface area contributed by atoms with Gasteiger partial charge in [-0.3, -0.25) is 14.6 Å². The predicted molar refractivity (Wildman–Crippen MR) is 112 cm³/mol. The van der Waals surface area contributed by atoms with Crippen LogP contribution >= 0.6 is 11.6 Å². The molecule has 1 aliphatic rings. The maximum absolute atomic E-state index is 14.6. The Hall–Kier alpha value is -2.85. The molecule has 0 radical (unpaired) electrons. The lowest BCUT2D eigenvalue weighted by molar-refractivity contribution is -0.126. The molecule has 1 aliphatic heterocycles. The van der Waals surface area contributed by atoms with Crippen LogP contribution in [0, 0.1) is 5.82 Å². The summed E-state index contributed by atoms with van der Waals surface area (Å²) in [4.78, 5) is 30.1. The molecule has 2 rings (SSSR count). The fourth-order valence-electron chi connectivity index (χ4n) is 2.44. The smallest absolute Gasteiger partial charge is 0.333 e. The van der Waals surface area contributed by atoms with Crippen LogP contribution in [0.25, 0.3) is 0 Å². The Morgan fingerprint density at radius 2 is 1.84 bits per heavy atom. The summed E-state index contributed by atoms with van der Waals surface area (Å²) < 4.78 is 42.0. The van der Waals surface area contributed by atoms with Crippen molar-refractivity contribution >= 4 is 35.8 Å². The van der Waals surface area contributed by atoms with Gasteiger partial charge in [0.1, 0.15) is 5.82 Å². The largest absolute Gasteiger partial charge is 0.400 e. The van der Waals surface area contributed by atoms with Crippen molar-refractivity contribution in [3.63, 3.8) is 0 Å². The molecule has 2 amide bonds. The van der Waals surface area contributed by atoms with Gasteiger partial charge in [-0.2, -0.15) is 0 Å². The molecule has 7 nitrogen and oxygen atoms in total. The highest BCUT2D eigenvalue weighted by Crippen LogP contribution is 2.36. The molecule has 0 aliphatic carbocycles. The standard InChI is InChI=1S/C19H19ClF3N3O3.CH4O/c1-11-6-16(19(4,22)23)25(5)17(28)26(11)15-7-12(13(20)8-14(15)21)9-24-29-18(2,3)10-27;1-2/h6-10H,1H2,2-5H3;2H,1H3/b24-9+;. The van der Waals surface area contributed by atoms with Crippen LogP contribution in [0.3, 0.4) is 0 Å². The second kappa shape index (κ2) is 9.97. The molecule has 0 saturated carbocycles. The molecule has 1 aromatic carbocycles. The van der Waals surface area contributed by atoms with Crippen LogP contribution in [0.1, 0.15) is 26.3 Å². The number of rotatable bonds is 6. The first kappa shape index (κ1) is 26.2. The van der Waals surface area contributed by atoms with E-state index in [-0.39, 0.29) is 22.0 Å². The Balaban J connectivity index is 0.00000233. The Morgan fingerprint density at radius 1 is 1.26 bits per heavy atom. The van der Waals surface area contributed by atoms with Crippen molar-refractivity contribution in [1.29, 1.82) is 0 Å². The lowest BCUT2D eigenvalue weighted by Gasteiger charge is -2.36. The number of aliphatic hydroxyl groups excluding tert-OH is 1. The van der Waals surface area contributed by atoms with Crippen LogP contribution in [0.5, 0.6) is 0 Å². The van der Waals surface area contributed by atoms with E-state index in [0.717, 1.165) is 37.4 Å². The van der Waals surface area contributed by atoms with E-state index < -0.39 is 29.1 Å². The lowest BCUT2D eigenvalue weighted by atomic mass is 10.1. The summed E-state index contributed by atoms with van der Waals surface area (Å²) in [5.74, 6) is -4.16. The van der Waals surface area contributed by atoms with Crippen LogP contribution in [0.4, 0.5) is 23.7 Å². The number of nitrogens with zero attached hydrogens (tertiary/aromatic N) is 3. The van der Waals surface area contributed by atoms with Crippen LogP contribution in [0.15, 0.2) is 41.3 Å². The summed E-state index contributed by atoms with van der Waals surface area (Å²) in [7, 11) is 2.15.